The Balaban J connectivity index is 1.61. The van der Waals surface area contributed by atoms with Crippen LogP contribution in [0.1, 0.15) is 21.5 Å². The quantitative estimate of drug-likeness (QED) is 0.770. The van der Waals surface area contributed by atoms with E-state index >= 15 is 0 Å². The number of benzene rings is 2. The minimum absolute atomic E-state index is 0.0986. The van der Waals surface area contributed by atoms with E-state index < -0.39 is 0 Å². The van der Waals surface area contributed by atoms with Crippen LogP contribution in [-0.4, -0.2) is 23.3 Å². The average Bonchev–Trinajstić information content (AvgIpc) is 2.58. The van der Waals surface area contributed by atoms with E-state index in [4.69, 9.17) is 0 Å². The number of fused-ring (bicyclic) bond motifs is 1. The topological polar surface area (TPSA) is 71.1 Å². The Bertz CT molecular complexity index is 930. The fraction of sp³-hybridized carbons (Fsp3) is 0.150. The highest BCUT2D eigenvalue weighted by atomic mass is 16.2. The molecule has 1 heterocycles. The molecule has 0 saturated heterocycles. The number of aromatic nitrogens is 1. The number of amides is 2. The lowest BCUT2D eigenvalue weighted by Gasteiger charge is -2.08. The zero-order chi connectivity index (χ0) is 17.8. The Labute approximate surface area is 146 Å². The van der Waals surface area contributed by atoms with Crippen LogP contribution in [0.2, 0.25) is 0 Å². The monoisotopic (exact) mass is 333 g/mol. The maximum Gasteiger partial charge on any atom is 0.251 e. The molecule has 2 amide bonds. The largest absolute Gasteiger partial charge is 0.343 e. The second kappa shape index (κ2) is 7.13. The highest BCUT2D eigenvalue weighted by Crippen LogP contribution is 2.15. The zero-order valence-corrected chi connectivity index (χ0v) is 14.2. The van der Waals surface area contributed by atoms with Crippen LogP contribution in [-0.2, 0) is 4.79 Å². The van der Waals surface area contributed by atoms with Crippen molar-refractivity contribution in [3.05, 3.63) is 71.4 Å². The van der Waals surface area contributed by atoms with Gasteiger partial charge < -0.3 is 10.6 Å². The summed E-state index contributed by atoms with van der Waals surface area (Å²) in [6.45, 7) is 3.77. The summed E-state index contributed by atoms with van der Waals surface area (Å²) in [5.41, 5.74) is 4.04. The Kier molecular flexibility index (Phi) is 4.75. The summed E-state index contributed by atoms with van der Waals surface area (Å²) >= 11 is 0. The Morgan fingerprint density at radius 3 is 2.48 bits per heavy atom. The van der Waals surface area contributed by atoms with Gasteiger partial charge in [0.25, 0.3) is 5.91 Å². The van der Waals surface area contributed by atoms with Crippen LogP contribution in [0, 0.1) is 13.8 Å². The van der Waals surface area contributed by atoms with Crippen molar-refractivity contribution in [2.24, 2.45) is 0 Å². The van der Waals surface area contributed by atoms with Gasteiger partial charge >= 0.3 is 0 Å². The van der Waals surface area contributed by atoms with Gasteiger partial charge in [0.2, 0.25) is 5.91 Å². The molecule has 3 rings (SSSR count). The van der Waals surface area contributed by atoms with Crippen molar-refractivity contribution in [1.29, 1.82) is 0 Å². The van der Waals surface area contributed by atoms with Crippen LogP contribution < -0.4 is 10.6 Å². The first kappa shape index (κ1) is 16.6. The lowest BCUT2D eigenvalue weighted by molar-refractivity contribution is -0.115. The van der Waals surface area contributed by atoms with Crippen molar-refractivity contribution in [2.75, 3.05) is 11.9 Å². The van der Waals surface area contributed by atoms with Gasteiger partial charge in [-0.25, -0.2) is 0 Å². The van der Waals surface area contributed by atoms with E-state index in [1.165, 1.54) is 0 Å². The summed E-state index contributed by atoms with van der Waals surface area (Å²) in [7, 11) is 0. The molecule has 0 aliphatic carbocycles. The number of pyridine rings is 1. The molecule has 1 aromatic heterocycles. The Morgan fingerprint density at radius 2 is 1.72 bits per heavy atom. The van der Waals surface area contributed by atoms with Gasteiger partial charge in [0.1, 0.15) is 0 Å². The summed E-state index contributed by atoms with van der Waals surface area (Å²) in [4.78, 5) is 28.5. The van der Waals surface area contributed by atoms with Crippen LogP contribution in [0.4, 0.5) is 5.69 Å². The molecule has 0 fully saturated rings. The average molecular weight is 333 g/mol. The first-order chi connectivity index (χ1) is 12.0. The molecule has 0 radical (unpaired) electrons. The third kappa shape index (κ3) is 4.20. The minimum Gasteiger partial charge on any atom is -0.343 e. The normalized spacial score (nSPS) is 10.5. The number of hydrogen-bond acceptors (Lipinski definition) is 3. The Morgan fingerprint density at radius 1 is 1.00 bits per heavy atom. The van der Waals surface area contributed by atoms with Crippen molar-refractivity contribution in [3.63, 3.8) is 0 Å². The summed E-state index contributed by atoms with van der Waals surface area (Å²) in [6.07, 6.45) is 1.60. The van der Waals surface area contributed by atoms with Gasteiger partial charge in [-0.3, -0.25) is 14.6 Å². The Hall–Kier alpha value is -3.21. The van der Waals surface area contributed by atoms with Crippen molar-refractivity contribution in [2.45, 2.75) is 13.8 Å². The van der Waals surface area contributed by atoms with Crippen molar-refractivity contribution in [1.82, 2.24) is 10.3 Å². The highest BCUT2D eigenvalue weighted by Gasteiger charge is 2.09. The molecule has 0 atom stereocenters. The summed E-state index contributed by atoms with van der Waals surface area (Å²) in [6, 6.07) is 15.1. The number of rotatable bonds is 4. The first-order valence-corrected chi connectivity index (χ1v) is 8.02. The van der Waals surface area contributed by atoms with E-state index in [2.05, 4.69) is 15.6 Å². The number of para-hydroxylation sites is 1. The molecular weight excluding hydrogens is 314 g/mol. The SMILES string of the molecule is Cc1cc(C)cc(C(=O)NCC(=O)Nc2cnc3ccccc3c2)c1. The number of aryl methyl sites for hydroxylation is 2. The molecule has 2 aromatic carbocycles. The molecular formula is C20H19N3O2. The third-order valence-corrected chi connectivity index (χ3v) is 3.77. The molecule has 25 heavy (non-hydrogen) atoms. The molecule has 0 saturated carbocycles. The summed E-state index contributed by atoms with van der Waals surface area (Å²) < 4.78 is 0. The number of nitrogens with one attached hydrogen (secondary N) is 2. The van der Waals surface area contributed by atoms with Crippen LogP contribution in [0.5, 0.6) is 0 Å². The molecule has 0 aliphatic heterocycles. The van der Waals surface area contributed by atoms with Crippen molar-refractivity contribution in [3.8, 4) is 0 Å². The molecule has 0 aliphatic rings. The second-order valence-electron chi connectivity index (χ2n) is 6.02. The predicted molar refractivity (Wildman–Crippen MR) is 98.6 cm³/mol. The number of nitrogens with zero attached hydrogens (tertiary/aromatic N) is 1. The number of anilines is 1. The van der Waals surface area contributed by atoms with Crippen LogP contribution >= 0.6 is 0 Å². The van der Waals surface area contributed by atoms with Gasteiger partial charge in [0, 0.05) is 10.9 Å². The summed E-state index contributed by atoms with van der Waals surface area (Å²) in [5.74, 6) is -0.562. The van der Waals surface area contributed by atoms with Crippen LogP contribution in [0.15, 0.2) is 54.7 Å². The van der Waals surface area contributed by atoms with Gasteiger partial charge in [-0.2, -0.15) is 0 Å². The standard InChI is InChI=1S/C20H19N3O2/c1-13-7-14(2)9-16(8-13)20(25)22-12-19(24)23-17-10-15-5-3-4-6-18(15)21-11-17/h3-11H,12H2,1-2H3,(H,22,25)(H,23,24). The maximum absolute atomic E-state index is 12.2. The number of carbonyl (C=O) groups is 2. The molecule has 5 nitrogen and oxygen atoms in total. The smallest absolute Gasteiger partial charge is 0.251 e. The second-order valence-corrected chi connectivity index (χ2v) is 6.02. The molecule has 3 aromatic rings. The van der Waals surface area contributed by atoms with E-state index in [9.17, 15) is 9.59 Å². The number of hydrogen-bond donors (Lipinski definition) is 2. The lowest BCUT2D eigenvalue weighted by Crippen LogP contribution is -2.32. The predicted octanol–water partition coefficient (Wildman–Crippen LogP) is 3.22. The van der Waals surface area contributed by atoms with Crippen LogP contribution in [0.25, 0.3) is 10.9 Å². The van der Waals surface area contributed by atoms with E-state index in [1.807, 2.05) is 50.2 Å². The van der Waals surface area contributed by atoms with Crippen molar-refractivity contribution >= 4 is 28.4 Å². The minimum atomic E-state index is -0.296. The molecule has 0 unspecified atom stereocenters. The zero-order valence-electron chi connectivity index (χ0n) is 14.2. The number of carbonyl (C=O) groups excluding carboxylic acids is 2. The van der Waals surface area contributed by atoms with Gasteiger partial charge in [0.05, 0.1) is 23.9 Å². The van der Waals surface area contributed by atoms with Gasteiger partial charge in [-0.05, 0) is 38.1 Å². The first-order valence-electron chi connectivity index (χ1n) is 8.02. The van der Waals surface area contributed by atoms with Gasteiger partial charge in [0.15, 0.2) is 0 Å². The van der Waals surface area contributed by atoms with E-state index in [-0.39, 0.29) is 18.4 Å². The fourth-order valence-electron chi connectivity index (χ4n) is 2.71. The van der Waals surface area contributed by atoms with E-state index in [0.717, 1.165) is 22.0 Å². The molecule has 0 bridgehead atoms. The summed E-state index contributed by atoms with van der Waals surface area (Å²) in [5, 5.41) is 6.33. The lowest BCUT2D eigenvalue weighted by atomic mass is 10.1. The van der Waals surface area contributed by atoms with Gasteiger partial charge in [-0.15, -0.1) is 0 Å². The van der Waals surface area contributed by atoms with Crippen LogP contribution in [0.3, 0.4) is 0 Å². The van der Waals surface area contributed by atoms with Crippen molar-refractivity contribution < 1.29 is 9.59 Å². The highest BCUT2D eigenvalue weighted by molar-refractivity contribution is 6.00. The molecule has 126 valence electrons. The van der Waals surface area contributed by atoms with Gasteiger partial charge in [-0.1, -0.05) is 35.4 Å². The van der Waals surface area contributed by atoms with E-state index in [1.54, 1.807) is 18.3 Å². The molecule has 5 heteroatoms. The fourth-order valence-corrected chi connectivity index (χ4v) is 2.71. The van der Waals surface area contributed by atoms with E-state index in [0.29, 0.717) is 11.3 Å². The maximum atomic E-state index is 12.2. The molecule has 0 spiro atoms. The third-order valence-electron chi connectivity index (χ3n) is 3.77. The molecule has 2 N–H and O–H groups in total.